The highest BCUT2D eigenvalue weighted by Crippen LogP contribution is 2.45. The topological polar surface area (TPSA) is 97.7 Å². The van der Waals surface area contributed by atoms with Gasteiger partial charge in [-0.25, -0.2) is 4.98 Å². The second-order valence-corrected chi connectivity index (χ2v) is 7.83. The molecule has 2 unspecified atom stereocenters. The highest BCUT2D eigenvalue weighted by Gasteiger charge is 2.54. The first-order valence-electron chi connectivity index (χ1n) is 12.0. The molecule has 0 amide bonds. The first kappa shape index (κ1) is 29.0. The number of fused-ring (bicyclic) bond motifs is 1. The van der Waals surface area contributed by atoms with Crippen LogP contribution in [-0.2, 0) is 17.1 Å². The second kappa shape index (κ2) is 11.9. The van der Waals surface area contributed by atoms with E-state index in [2.05, 4.69) is 35.6 Å². The minimum atomic E-state index is -4.68. The molecule has 4 heterocycles. The van der Waals surface area contributed by atoms with E-state index in [9.17, 15) is 26.3 Å². The lowest BCUT2D eigenvalue weighted by Crippen LogP contribution is -2.16. The minimum Gasteiger partial charge on any atom is -0.381 e. The van der Waals surface area contributed by atoms with E-state index >= 15 is 0 Å². The molecule has 14 heteroatoms. The van der Waals surface area contributed by atoms with Crippen LogP contribution in [0.15, 0.2) is 36.7 Å². The maximum Gasteiger partial charge on any atom is 0.433 e. The Kier molecular flexibility index (Phi) is 9.07. The standard InChI is InChI=1S/C20H15F6N7O.2C2H6/c21-19(22,23)9-4-10(6-27-5-9)28-17-31-16(13-2-1-3-14(29-13)20(24,25)26)32-18(33-17)30-15-11-7-34-8-12(11)15;2*1-2/h1-6,11-12,15H,7-8H2,(H2,28,30,31,32,33);2*1-2H3. The third-order valence-electron chi connectivity index (χ3n) is 5.47. The quantitative estimate of drug-likeness (QED) is 0.366. The third kappa shape index (κ3) is 6.85. The molecule has 2 N–H and O–H groups in total. The molecule has 3 aromatic heterocycles. The van der Waals surface area contributed by atoms with Crippen LogP contribution in [0.4, 0.5) is 43.9 Å². The van der Waals surface area contributed by atoms with Gasteiger partial charge in [0.1, 0.15) is 11.4 Å². The molecule has 1 saturated carbocycles. The van der Waals surface area contributed by atoms with E-state index < -0.39 is 23.6 Å². The molecule has 206 valence electrons. The summed E-state index contributed by atoms with van der Waals surface area (Å²) < 4.78 is 83.8. The van der Waals surface area contributed by atoms with Crippen LogP contribution >= 0.6 is 0 Å². The first-order chi connectivity index (χ1) is 18.1. The van der Waals surface area contributed by atoms with Crippen molar-refractivity contribution < 1.29 is 31.1 Å². The van der Waals surface area contributed by atoms with Crippen molar-refractivity contribution in [2.45, 2.75) is 46.1 Å². The van der Waals surface area contributed by atoms with Gasteiger partial charge in [-0.2, -0.15) is 41.3 Å². The van der Waals surface area contributed by atoms with Gasteiger partial charge in [-0.3, -0.25) is 4.98 Å². The number of aromatic nitrogens is 5. The first-order valence-corrected chi connectivity index (χ1v) is 12.0. The Labute approximate surface area is 215 Å². The lowest BCUT2D eigenvalue weighted by Gasteiger charge is -2.13. The number of nitrogens with zero attached hydrogens (tertiary/aromatic N) is 5. The molecular weight excluding hydrogens is 516 g/mol. The van der Waals surface area contributed by atoms with E-state index in [1.807, 2.05) is 27.7 Å². The average Bonchev–Trinajstić information content (AvgIpc) is 3.30. The predicted octanol–water partition coefficient (Wildman–Crippen LogP) is 6.22. The van der Waals surface area contributed by atoms with Crippen LogP contribution in [0.1, 0.15) is 39.0 Å². The fourth-order valence-electron chi connectivity index (χ4n) is 3.72. The number of alkyl halides is 6. The number of pyridine rings is 2. The van der Waals surface area contributed by atoms with E-state index in [1.165, 1.54) is 6.07 Å². The minimum absolute atomic E-state index is 0.0153. The summed E-state index contributed by atoms with van der Waals surface area (Å²) >= 11 is 0. The average molecular weight is 544 g/mol. The molecule has 8 nitrogen and oxygen atoms in total. The highest BCUT2D eigenvalue weighted by molar-refractivity contribution is 5.59. The number of nitrogens with one attached hydrogen (secondary N) is 2. The molecule has 2 aliphatic rings. The van der Waals surface area contributed by atoms with Crippen LogP contribution in [-0.4, -0.2) is 44.2 Å². The number of hydrogen-bond acceptors (Lipinski definition) is 8. The molecule has 5 rings (SSSR count). The molecule has 1 aliphatic heterocycles. The van der Waals surface area contributed by atoms with E-state index in [1.54, 1.807) is 0 Å². The largest absolute Gasteiger partial charge is 0.433 e. The van der Waals surface area contributed by atoms with Gasteiger partial charge >= 0.3 is 12.4 Å². The highest BCUT2D eigenvalue weighted by atomic mass is 19.4. The summed E-state index contributed by atoms with van der Waals surface area (Å²) in [6, 6.07) is 4.09. The summed E-state index contributed by atoms with van der Waals surface area (Å²) in [6.45, 7) is 9.13. The zero-order chi connectivity index (χ0) is 28.1. The van der Waals surface area contributed by atoms with Crippen molar-refractivity contribution in [2.75, 3.05) is 23.8 Å². The van der Waals surface area contributed by atoms with Crippen molar-refractivity contribution in [3.63, 3.8) is 0 Å². The normalized spacial score (nSPS) is 19.8. The van der Waals surface area contributed by atoms with Crippen molar-refractivity contribution in [3.8, 4) is 11.5 Å². The second-order valence-electron chi connectivity index (χ2n) is 7.83. The summed E-state index contributed by atoms with van der Waals surface area (Å²) in [4.78, 5) is 19.6. The Hall–Kier alpha value is -3.55. The van der Waals surface area contributed by atoms with Gasteiger partial charge in [-0.1, -0.05) is 33.8 Å². The van der Waals surface area contributed by atoms with E-state index in [-0.39, 0.29) is 47.0 Å². The lowest BCUT2D eigenvalue weighted by molar-refractivity contribution is -0.141. The van der Waals surface area contributed by atoms with Gasteiger partial charge in [-0.15, -0.1) is 0 Å². The molecule has 2 atom stereocenters. The molecule has 0 bridgehead atoms. The van der Waals surface area contributed by atoms with E-state index in [0.29, 0.717) is 19.4 Å². The number of ether oxygens (including phenoxy) is 1. The Morgan fingerprint density at radius 3 is 2.11 bits per heavy atom. The van der Waals surface area contributed by atoms with Gasteiger partial charge in [0.25, 0.3) is 0 Å². The van der Waals surface area contributed by atoms with Crippen molar-refractivity contribution >= 4 is 17.6 Å². The van der Waals surface area contributed by atoms with Crippen molar-refractivity contribution in [2.24, 2.45) is 11.8 Å². The van der Waals surface area contributed by atoms with Gasteiger partial charge in [0.15, 0.2) is 5.82 Å². The molecule has 38 heavy (non-hydrogen) atoms. The lowest BCUT2D eigenvalue weighted by atomic mass is 10.2. The number of hydrogen-bond donors (Lipinski definition) is 2. The molecule has 0 radical (unpaired) electrons. The smallest absolute Gasteiger partial charge is 0.381 e. The Morgan fingerprint density at radius 1 is 0.816 bits per heavy atom. The van der Waals surface area contributed by atoms with Crippen molar-refractivity contribution in [1.29, 1.82) is 0 Å². The van der Waals surface area contributed by atoms with Gasteiger partial charge in [0.2, 0.25) is 11.9 Å². The van der Waals surface area contributed by atoms with Crippen LogP contribution in [0.3, 0.4) is 0 Å². The van der Waals surface area contributed by atoms with Crippen LogP contribution in [0, 0.1) is 11.8 Å². The summed E-state index contributed by atoms with van der Waals surface area (Å²) in [6.07, 6.45) is -7.50. The zero-order valence-electron chi connectivity index (χ0n) is 21.0. The Balaban J connectivity index is 0.000000956. The summed E-state index contributed by atoms with van der Waals surface area (Å²) in [7, 11) is 0. The number of halogens is 6. The molecule has 1 aliphatic carbocycles. The molecule has 0 spiro atoms. The van der Waals surface area contributed by atoms with E-state index in [0.717, 1.165) is 24.4 Å². The molecule has 3 aromatic rings. The van der Waals surface area contributed by atoms with E-state index in [4.69, 9.17) is 4.74 Å². The Morgan fingerprint density at radius 2 is 1.47 bits per heavy atom. The molecule has 1 saturated heterocycles. The van der Waals surface area contributed by atoms with Crippen LogP contribution < -0.4 is 10.6 Å². The monoisotopic (exact) mass is 543 g/mol. The fourth-order valence-corrected chi connectivity index (χ4v) is 3.72. The zero-order valence-corrected chi connectivity index (χ0v) is 21.0. The van der Waals surface area contributed by atoms with Gasteiger partial charge in [0.05, 0.1) is 30.7 Å². The summed E-state index contributed by atoms with van der Waals surface area (Å²) in [5.74, 6) is 0.195. The van der Waals surface area contributed by atoms with Crippen molar-refractivity contribution in [3.05, 3.63) is 47.9 Å². The molecule has 0 aromatic carbocycles. The third-order valence-corrected chi connectivity index (χ3v) is 5.47. The fraction of sp³-hybridized carbons (Fsp3) is 0.458. The number of anilines is 3. The van der Waals surface area contributed by atoms with Gasteiger partial charge in [0, 0.05) is 24.1 Å². The van der Waals surface area contributed by atoms with Gasteiger partial charge in [-0.05, 0) is 18.2 Å². The predicted molar refractivity (Wildman–Crippen MR) is 128 cm³/mol. The maximum atomic E-state index is 13.1. The maximum absolute atomic E-state index is 13.1. The van der Waals surface area contributed by atoms with Gasteiger partial charge < -0.3 is 15.4 Å². The Bertz CT molecular complexity index is 1210. The number of rotatable bonds is 5. The van der Waals surface area contributed by atoms with Crippen LogP contribution in [0.5, 0.6) is 0 Å². The summed E-state index contributed by atoms with van der Waals surface area (Å²) in [5.41, 5.74) is -2.36. The SMILES string of the molecule is CC.CC.FC(F)(F)c1cncc(Nc2nc(NC3C4COCC43)nc(-c3cccc(C(F)(F)F)n3)n2)c1. The molecule has 2 fully saturated rings. The molecular formula is C24H27F6N7O. The summed E-state index contributed by atoms with van der Waals surface area (Å²) in [5, 5.41) is 5.72. The van der Waals surface area contributed by atoms with Crippen molar-refractivity contribution in [1.82, 2.24) is 24.9 Å². The van der Waals surface area contributed by atoms with Crippen LogP contribution in [0.2, 0.25) is 0 Å². The van der Waals surface area contributed by atoms with Crippen LogP contribution in [0.25, 0.3) is 11.5 Å².